The number of hydrogen-bond donors (Lipinski definition) is 1. The zero-order chi connectivity index (χ0) is 14.0. The molecular formula is C15H22BrFN2. The lowest BCUT2D eigenvalue weighted by atomic mass is 9.97. The molecule has 19 heavy (non-hydrogen) atoms. The van der Waals surface area contributed by atoms with Crippen LogP contribution >= 0.6 is 15.9 Å². The van der Waals surface area contributed by atoms with E-state index in [1.807, 2.05) is 6.07 Å². The van der Waals surface area contributed by atoms with Gasteiger partial charge in [-0.2, -0.15) is 0 Å². The predicted molar refractivity (Wildman–Crippen MR) is 80.7 cm³/mol. The van der Waals surface area contributed by atoms with E-state index in [0.717, 1.165) is 29.5 Å². The van der Waals surface area contributed by atoms with Crippen LogP contribution in [-0.4, -0.2) is 29.6 Å². The van der Waals surface area contributed by atoms with Crippen molar-refractivity contribution in [2.45, 2.75) is 45.3 Å². The maximum atomic E-state index is 13.9. The molecule has 0 saturated carbocycles. The molecule has 1 aromatic rings. The second-order valence-corrected chi connectivity index (χ2v) is 6.88. The molecule has 1 aliphatic heterocycles. The third kappa shape index (κ3) is 3.77. The van der Waals surface area contributed by atoms with Crippen molar-refractivity contribution < 1.29 is 4.39 Å². The van der Waals surface area contributed by atoms with Crippen molar-refractivity contribution in [3.63, 3.8) is 0 Å². The fourth-order valence-electron chi connectivity index (χ4n) is 2.69. The van der Waals surface area contributed by atoms with E-state index in [1.54, 1.807) is 6.07 Å². The lowest BCUT2D eigenvalue weighted by Gasteiger charge is -2.44. The molecule has 0 amide bonds. The Hall–Kier alpha value is -0.450. The number of rotatable bonds is 3. The van der Waals surface area contributed by atoms with Gasteiger partial charge in [-0.1, -0.05) is 22.9 Å². The first-order valence-electron chi connectivity index (χ1n) is 6.84. The van der Waals surface area contributed by atoms with Crippen molar-refractivity contribution in [2.24, 2.45) is 0 Å². The van der Waals surface area contributed by atoms with E-state index in [1.165, 1.54) is 6.07 Å². The minimum Gasteiger partial charge on any atom is -0.309 e. The molecule has 2 nitrogen and oxygen atoms in total. The number of piperazine rings is 1. The Labute approximate surface area is 123 Å². The molecule has 1 atom stereocenters. The van der Waals surface area contributed by atoms with Gasteiger partial charge in [0.05, 0.1) is 0 Å². The second-order valence-electron chi connectivity index (χ2n) is 5.97. The van der Waals surface area contributed by atoms with Gasteiger partial charge in [0.1, 0.15) is 5.82 Å². The zero-order valence-electron chi connectivity index (χ0n) is 11.8. The van der Waals surface area contributed by atoms with Crippen LogP contribution in [0.2, 0.25) is 0 Å². The highest BCUT2D eigenvalue weighted by molar-refractivity contribution is 9.10. The highest BCUT2D eigenvalue weighted by atomic mass is 79.9. The summed E-state index contributed by atoms with van der Waals surface area (Å²) in [5.74, 6) is -0.116. The summed E-state index contributed by atoms with van der Waals surface area (Å²) in [6.45, 7) is 9.17. The topological polar surface area (TPSA) is 15.3 Å². The molecule has 0 radical (unpaired) electrons. The average molecular weight is 329 g/mol. The predicted octanol–water partition coefficient (Wildman–Crippen LogP) is 3.55. The van der Waals surface area contributed by atoms with Crippen LogP contribution in [0.4, 0.5) is 4.39 Å². The number of hydrogen-bond acceptors (Lipinski definition) is 2. The molecule has 1 fully saturated rings. The normalized spacial score (nSPS) is 23.5. The highest BCUT2D eigenvalue weighted by Crippen LogP contribution is 2.22. The van der Waals surface area contributed by atoms with Crippen LogP contribution in [0.15, 0.2) is 22.7 Å². The standard InChI is InChI=1S/C15H22BrFN2/c1-4-13-8-18-15(2,3)10-19(13)9-11-7-12(16)5-6-14(11)17/h5-7,13,18H,4,8-10H2,1-3H3. The molecule has 1 saturated heterocycles. The number of halogens is 2. The van der Waals surface area contributed by atoms with E-state index in [-0.39, 0.29) is 11.4 Å². The zero-order valence-corrected chi connectivity index (χ0v) is 13.4. The Kier molecular flexibility index (Phi) is 4.64. The molecule has 1 unspecified atom stereocenters. The smallest absolute Gasteiger partial charge is 0.127 e. The van der Waals surface area contributed by atoms with Gasteiger partial charge in [-0.05, 0) is 38.5 Å². The molecule has 4 heteroatoms. The molecule has 0 aliphatic carbocycles. The van der Waals surface area contributed by atoms with Gasteiger partial charge in [-0.25, -0.2) is 4.39 Å². The fraction of sp³-hybridized carbons (Fsp3) is 0.600. The van der Waals surface area contributed by atoms with Crippen LogP contribution in [0.25, 0.3) is 0 Å². The Morgan fingerprint density at radius 1 is 1.47 bits per heavy atom. The maximum Gasteiger partial charge on any atom is 0.127 e. The average Bonchev–Trinajstić information content (AvgIpc) is 2.33. The second kappa shape index (κ2) is 5.90. The van der Waals surface area contributed by atoms with E-state index in [0.29, 0.717) is 12.6 Å². The minimum absolute atomic E-state index is 0.0914. The van der Waals surface area contributed by atoms with Gasteiger partial charge in [0.2, 0.25) is 0 Å². The number of benzene rings is 1. The largest absolute Gasteiger partial charge is 0.309 e. The summed E-state index contributed by atoms with van der Waals surface area (Å²) in [6, 6.07) is 5.65. The SMILES string of the molecule is CCC1CNC(C)(C)CN1Cc1cc(Br)ccc1F. The summed E-state index contributed by atoms with van der Waals surface area (Å²) in [4.78, 5) is 2.39. The first-order valence-corrected chi connectivity index (χ1v) is 7.63. The molecule has 1 heterocycles. The van der Waals surface area contributed by atoms with Gasteiger partial charge in [-0.3, -0.25) is 4.90 Å². The van der Waals surface area contributed by atoms with Gasteiger partial charge >= 0.3 is 0 Å². The summed E-state index contributed by atoms with van der Waals surface area (Å²) in [7, 11) is 0. The Bertz CT molecular complexity index is 448. The molecule has 2 rings (SSSR count). The van der Waals surface area contributed by atoms with Crippen LogP contribution in [0, 0.1) is 5.82 Å². The van der Waals surface area contributed by atoms with E-state index < -0.39 is 0 Å². The van der Waals surface area contributed by atoms with E-state index in [2.05, 4.69) is 46.9 Å². The summed E-state index contributed by atoms with van der Waals surface area (Å²) >= 11 is 3.42. The summed E-state index contributed by atoms with van der Waals surface area (Å²) in [5.41, 5.74) is 0.860. The molecule has 1 aromatic carbocycles. The van der Waals surface area contributed by atoms with Crippen molar-refractivity contribution in [2.75, 3.05) is 13.1 Å². The Morgan fingerprint density at radius 3 is 2.89 bits per heavy atom. The van der Waals surface area contributed by atoms with Crippen molar-refractivity contribution in [3.05, 3.63) is 34.1 Å². The van der Waals surface area contributed by atoms with Gasteiger partial charge in [0, 0.05) is 41.3 Å². The highest BCUT2D eigenvalue weighted by Gasteiger charge is 2.31. The van der Waals surface area contributed by atoms with Crippen LogP contribution in [0.1, 0.15) is 32.8 Å². The fourth-order valence-corrected chi connectivity index (χ4v) is 3.10. The molecular weight excluding hydrogens is 307 g/mol. The molecule has 0 spiro atoms. The first kappa shape index (κ1) is 14.9. The molecule has 1 aliphatic rings. The van der Waals surface area contributed by atoms with Crippen LogP contribution in [0.3, 0.4) is 0 Å². The Morgan fingerprint density at radius 2 is 2.21 bits per heavy atom. The van der Waals surface area contributed by atoms with Crippen molar-refractivity contribution in [1.82, 2.24) is 10.2 Å². The van der Waals surface area contributed by atoms with Gasteiger partial charge in [0.25, 0.3) is 0 Å². The lowest BCUT2D eigenvalue weighted by molar-refractivity contribution is 0.0848. The third-order valence-corrected chi connectivity index (χ3v) is 4.28. The summed E-state index contributed by atoms with van der Waals surface area (Å²) in [5, 5.41) is 3.56. The van der Waals surface area contributed by atoms with Gasteiger partial charge in [-0.15, -0.1) is 0 Å². The van der Waals surface area contributed by atoms with Crippen LogP contribution < -0.4 is 5.32 Å². The molecule has 1 N–H and O–H groups in total. The first-order chi connectivity index (χ1) is 8.91. The minimum atomic E-state index is -0.116. The van der Waals surface area contributed by atoms with Crippen LogP contribution in [0.5, 0.6) is 0 Å². The van der Waals surface area contributed by atoms with E-state index >= 15 is 0 Å². The number of nitrogens with zero attached hydrogens (tertiary/aromatic N) is 1. The summed E-state index contributed by atoms with van der Waals surface area (Å²) in [6.07, 6.45) is 1.08. The Balaban J connectivity index is 2.16. The quantitative estimate of drug-likeness (QED) is 0.912. The number of nitrogens with one attached hydrogen (secondary N) is 1. The van der Waals surface area contributed by atoms with Crippen LogP contribution in [-0.2, 0) is 6.54 Å². The molecule has 0 bridgehead atoms. The van der Waals surface area contributed by atoms with Crippen molar-refractivity contribution >= 4 is 15.9 Å². The van der Waals surface area contributed by atoms with Gasteiger partial charge < -0.3 is 5.32 Å². The summed E-state index contributed by atoms with van der Waals surface area (Å²) < 4.78 is 14.8. The molecule has 0 aromatic heterocycles. The van der Waals surface area contributed by atoms with Crippen molar-refractivity contribution in [1.29, 1.82) is 0 Å². The maximum absolute atomic E-state index is 13.9. The van der Waals surface area contributed by atoms with Crippen molar-refractivity contribution in [3.8, 4) is 0 Å². The monoisotopic (exact) mass is 328 g/mol. The third-order valence-electron chi connectivity index (χ3n) is 3.78. The van der Waals surface area contributed by atoms with E-state index in [9.17, 15) is 4.39 Å². The van der Waals surface area contributed by atoms with E-state index in [4.69, 9.17) is 0 Å². The molecule has 106 valence electrons. The van der Waals surface area contributed by atoms with Gasteiger partial charge in [0.15, 0.2) is 0 Å². The lowest BCUT2D eigenvalue weighted by Crippen LogP contribution is -2.61.